The van der Waals surface area contributed by atoms with E-state index >= 15 is 0 Å². The summed E-state index contributed by atoms with van der Waals surface area (Å²) in [6.45, 7) is 4.44. The molecule has 0 aliphatic carbocycles. The number of rotatable bonds is 3. The van der Waals surface area contributed by atoms with E-state index in [4.69, 9.17) is 0 Å². The van der Waals surface area contributed by atoms with Crippen LogP contribution in [-0.2, 0) is 4.79 Å². The summed E-state index contributed by atoms with van der Waals surface area (Å²) >= 11 is 0. The Hall–Kier alpha value is -0.410. The number of hydrogen-bond acceptors (Lipinski definition) is 3. The molecule has 3 nitrogen and oxygen atoms in total. The lowest BCUT2D eigenvalue weighted by Gasteiger charge is -2.34. The van der Waals surface area contributed by atoms with Crippen LogP contribution in [0.2, 0.25) is 0 Å². The minimum Gasteiger partial charge on any atom is -0.303 e. The lowest BCUT2D eigenvalue weighted by molar-refractivity contribution is -0.121. The number of piperidine rings is 2. The van der Waals surface area contributed by atoms with Crippen molar-refractivity contribution in [2.75, 3.05) is 33.2 Å². The average Bonchev–Trinajstić information content (AvgIpc) is 2.30. The molecule has 0 aromatic rings. The van der Waals surface area contributed by atoms with Crippen molar-refractivity contribution in [1.29, 1.82) is 0 Å². The first-order chi connectivity index (χ1) is 7.75. The first-order valence-corrected chi connectivity index (χ1v) is 6.70. The summed E-state index contributed by atoms with van der Waals surface area (Å²) in [5.41, 5.74) is 0. The Labute approximate surface area is 98.8 Å². The molecular weight excluding hydrogens is 200 g/mol. The van der Waals surface area contributed by atoms with Crippen LogP contribution < -0.4 is 0 Å². The summed E-state index contributed by atoms with van der Waals surface area (Å²) in [4.78, 5) is 16.1. The highest BCUT2D eigenvalue weighted by atomic mass is 16.1. The molecule has 0 amide bonds. The summed E-state index contributed by atoms with van der Waals surface area (Å²) in [6.07, 6.45) is 6.97. The molecule has 92 valence electrons. The van der Waals surface area contributed by atoms with E-state index in [1.807, 2.05) is 0 Å². The van der Waals surface area contributed by atoms with Crippen LogP contribution >= 0.6 is 0 Å². The van der Waals surface area contributed by atoms with E-state index in [0.29, 0.717) is 5.78 Å². The Morgan fingerprint density at radius 1 is 1.19 bits per heavy atom. The monoisotopic (exact) mass is 224 g/mol. The van der Waals surface area contributed by atoms with Crippen LogP contribution in [0, 0.1) is 0 Å². The van der Waals surface area contributed by atoms with Gasteiger partial charge in [0.25, 0.3) is 0 Å². The number of ketones is 1. The highest BCUT2D eigenvalue weighted by Crippen LogP contribution is 2.18. The van der Waals surface area contributed by atoms with Gasteiger partial charge in [-0.1, -0.05) is 6.42 Å². The van der Waals surface area contributed by atoms with E-state index in [2.05, 4.69) is 16.8 Å². The molecule has 0 aromatic heterocycles. The van der Waals surface area contributed by atoms with Gasteiger partial charge in [-0.3, -0.25) is 4.79 Å². The van der Waals surface area contributed by atoms with Gasteiger partial charge in [0.05, 0.1) is 0 Å². The van der Waals surface area contributed by atoms with Gasteiger partial charge in [-0.2, -0.15) is 0 Å². The van der Waals surface area contributed by atoms with E-state index in [0.717, 1.165) is 32.0 Å². The number of nitrogens with zero attached hydrogens (tertiary/aromatic N) is 2. The van der Waals surface area contributed by atoms with Gasteiger partial charge in [0.2, 0.25) is 0 Å². The summed E-state index contributed by atoms with van der Waals surface area (Å²) in [6, 6.07) is 0.784. The van der Waals surface area contributed by atoms with Crippen molar-refractivity contribution in [2.24, 2.45) is 0 Å². The Bertz CT molecular complexity index is 232. The van der Waals surface area contributed by atoms with Crippen LogP contribution in [0.1, 0.15) is 38.5 Å². The van der Waals surface area contributed by atoms with Gasteiger partial charge in [-0.15, -0.1) is 0 Å². The van der Waals surface area contributed by atoms with E-state index in [1.54, 1.807) is 0 Å². The Morgan fingerprint density at radius 2 is 1.94 bits per heavy atom. The zero-order valence-corrected chi connectivity index (χ0v) is 10.5. The maximum absolute atomic E-state index is 11.1. The molecule has 0 radical (unpaired) electrons. The van der Waals surface area contributed by atoms with Crippen LogP contribution in [-0.4, -0.2) is 54.9 Å². The predicted molar refractivity (Wildman–Crippen MR) is 65.6 cm³/mol. The molecule has 0 spiro atoms. The van der Waals surface area contributed by atoms with Crippen molar-refractivity contribution >= 4 is 5.78 Å². The molecule has 0 saturated carbocycles. The highest BCUT2D eigenvalue weighted by molar-refractivity contribution is 5.79. The maximum Gasteiger partial charge on any atom is 0.135 e. The zero-order valence-electron chi connectivity index (χ0n) is 10.5. The van der Waals surface area contributed by atoms with Gasteiger partial charge in [0.1, 0.15) is 5.78 Å². The third-order valence-corrected chi connectivity index (χ3v) is 4.11. The van der Waals surface area contributed by atoms with Crippen molar-refractivity contribution in [3.8, 4) is 0 Å². The third kappa shape index (κ3) is 3.29. The molecule has 16 heavy (non-hydrogen) atoms. The molecule has 2 heterocycles. The van der Waals surface area contributed by atoms with Crippen molar-refractivity contribution in [1.82, 2.24) is 9.80 Å². The fraction of sp³-hybridized carbons (Fsp3) is 0.923. The fourth-order valence-corrected chi connectivity index (χ4v) is 2.87. The third-order valence-electron chi connectivity index (χ3n) is 4.11. The van der Waals surface area contributed by atoms with E-state index in [9.17, 15) is 4.79 Å². The van der Waals surface area contributed by atoms with Gasteiger partial charge in [0.15, 0.2) is 0 Å². The summed E-state index contributed by atoms with van der Waals surface area (Å²) in [5.74, 6) is 0.450. The second-order valence-corrected chi connectivity index (χ2v) is 5.30. The van der Waals surface area contributed by atoms with Crippen LogP contribution in [0.25, 0.3) is 0 Å². The smallest absolute Gasteiger partial charge is 0.135 e. The average molecular weight is 224 g/mol. The van der Waals surface area contributed by atoms with Crippen LogP contribution in [0.4, 0.5) is 0 Å². The van der Waals surface area contributed by atoms with E-state index < -0.39 is 0 Å². The Balaban J connectivity index is 1.68. The van der Waals surface area contributed by atoms with Gasteiger partial charge >= 0.3 is 0 Å². The molecule has 2 rings (SSSR count). The van der Waals surface area contributed by atoms with Crippen molar-refractivity contribution < 1.29 is 4.79 Å². The molecule has 2 fully saturated rings. The summed E-state index contributed by atoms with van der Waals surface area (Å²) in [7, 11) is 2.25. The zero-order chi connectivity index (χ0) is 11.4. The quantitative estimate of drug-likeness (QED) is 0.726. The van der Waals surface area contributed by atoms with Gasteiger partial charge in [-0.25, -0.2) is 0 Å². The minimum absolute atomic E-state index is 0.450. The molecule has 2 saturated heterocycles. The van der Waals surface area contributed by atoms with Crippen molar-refractivity contribution in [2.45, 2.75) is 44.6 Å². The number of Topliss-reactive ketones (excluding diaryl/α,β-unsaturated/α-hetero) is 1. The molecule has 1 atom stereocenters. The van der Waals surface area contributed by atoms with Gasteiger partial charge in [0, 0.05) is 32.0 Å². The molecular formula is C13H24N2O. The maximum atomic E-state index is 11.1. The second-order valence-electron chi connectivity index (χ2n) is 5.30. The predicted octanol–water partition coefficient (Wildman–Crippen LogP) is 1.53. The number of carbonyl (C=O) groups is 1. The molecule has 1 unspecified atom stereocenters. The SMILES string of the molecule is CN1CCCCC1CCN1CCC(=O)CC1. The van der Waals surface area contributed by atoms with E-state index in [1.165, 1.54) is 38.8 Å². The summed E-state index contributed by atoms with van der Waals surface area (Å²) < 4.78 is 0. The Kier molecular flexibility index (Phi) is 4.36. The molecule has 0 N–H and O–H groups in total. The number of carbonyl (C=O) groups excluding carboxylic acids is 1. The van der Waals surface area contributed by atoms with Crippen molar-refractivity contribution in [3.63, 3.8) is 0 Å². The molecule has 0 aromatic carbocycles. The fourth-order valence-electron chi connectivity index (χ4n) is 2.87. The summed E-state index contributed by atoms with van der Waals surface area (Å²) in [5, 5.41) is 0. The molecule has 2 aliphatic heterocycles. The van der Waals surface area contributed by atoms with E-state index in [-0.39, 0.29) is 0 Å². The normalized spacial score (nSPS) is 29.6. The number of hydrogen-bond donors (Lipinski definition) is 0. The standard InChI is InChI=1S/C13H24N2O/c1-14-8-3-2-4-12(14)5-9-15-10-6-13(16)7-11-15/h12H,2-11H2,1H3. The lowest BCUT2D eigenvalue weighted by Crippen LogP contribution is -2.41. The second kappa shape index (κ2) is 5.78. The topological polar surface area (TPSA) is 23.6 Å². The van der Waals surface area contributed by atoms with Crippen LogP contribution in [0.5, 0.6) is 0 Å². The first-order valence-electron chi connectivity index (χ1n) is 6.70. The van der Waals surface area contributed by atoms with Crippen LogP contribution in [0.3, 0.4) is 0 Å². The highest BCUT2D eigenvalue weighted by Gasteiger charge is 2.21. The van der Waals surface area contributed by atoms with Gasteiger partial charge in [-0.05, 0) is 39.4 Å². The Morgan fingerprint density at radius 3 is 2.62 bits per heavy atom. The first kappa shape index (κ1) is 12.1. The van der Waals surface area contributed by atoms with Crippen molar-refractivity contribution in [3.05, 3.63) is 0 Å². The van der Waals surface area contributed by atoms with Gasteiger partial charge < -0.3 is 9.80 Å². The minimum atomic E-state index is 0.450. The lowest BCUT2D eigenvalue weighted by atomic mass is 9.99. The van der Waals surface area contributed by atoms with Crippen LogP contribution in [0.15, 0.2) is 0 Å². The number of likely N-dealkylation sites (tertiary alicyclic amines) is 2. The molecule has 2 aliphatic rings. The largest absolute Gasteiger partial charge is 0.303 e. The molecule has 3 heteroatoms. The molecule has 0 bridgehead atoms.